The van der Waals surface area contributed by atoms with E-state index in [-0.39, 0.29) is 36.3 Å². The van der Waals surface area contributed by atoms with E-state index in [1.165, 1.54) is 54.3 Å². The number of benzene rings is 2. The highest BCUT2D eigenvalue weighted by atomic mass is 35.5. The zero-order chi connectivity index (χ0) is 32.1. The number of carbonyl (C=O) groups excluding carboxylic acids is 2. The Hall–Kier alpha value is -5.35. The molecule has 1 aromatic heterocycles. The molecule has 228 valence electrons. The smallest absolute Gasteiger partial charge is 0.408 e. The molecule has 0 aliphatic carbocycles. The maximum absolute atomic E-state index is 13.3. The van der Waals surface area contributed by atoms with E-state index in [0.717, 1.165) is 0 Å². The number of likely N-dealkylation sites (tertiary alicyclic amines) is 1. The minimum atomic E-state index is -1.52. The maximum atomic E-state index is 13.3. The number of aliphatic carboxylic acids is 1. The Morgan fingerprint density at radius 3 is 2.41 bits per heavy atom. The Morgan fingerprint density at radius 1 is 1.11 bits per heavy atom. The van der Waals surface area contributed by atoms with E-state index in [1.54, 1.807) is 19.1 Å². The van der Waals surface area contributed by atoms with Gasteiger partial charge in [0, 0.05) is 40.9 Å². The molecule has 0 bridgehead atoms. The van der Waals surface area contributed by atoms with Gasteiger partial charge < -0.3 is 25.0 Å². The summed E-state index contributed by atoms with van der Waals surface area (Å²) in [5, 5.41) is 31.2. The van der Waals surface area contributed by atoms with Crippen LogP contribution in [-0.4, -0.2) is 69.4 Å². The Morgan fingerprint density at radius 2 is 1.82 bits per heavy atom. The number of hydrogen-bond donors (Lipinski definition) is 3. The Bertz CT molecular complexity index is 1710. The standard InChI is InChI=1S/C30H27ClN4O9/c1-3-22(35-15-24(43-2)21(13-25(35)36)20-12-18(31)7-4-17(20)14-32)27(37)33-19-8-5-16(6-9-19)29(40)44-23-10-11-34(30(41)42)26(23)28(38)39/h4-9,12-13,15,22-23,26H,3,10-11H2,1-2H3,(H,33,37)(H,38,39)(H,41,42)/t22?,23-,26-/m0/s1. The Balaban J connectivity index is 1.50. The molecule has 3 N–H and O–H groups in total. The molecule has 2 heterocycles. The second-order valence-electron chi connectivity index (χ2n) is 9.78. The number of anilines is 1. The Kier molecular flexibility index (Phi) is 9.55. The van der Waals surface area contributed by atoms with Crippen LogP contribution in [0.25, 0.3) is 11.1 Å². The average Bonchev–Trinajstić information content (AvgIpc) is 3.42. The normalized spacial score (nSPS) is 16.5. The van der Waals surface area contributed by atoms with Gasteiger partial charge in [-0.3, -0.25) is 19.1 Å². The van der Waals surface area contributed by atoms with Crippen molar-refractivity contribution in [1.29, 1.82) is 5.26 Å². The van der Waals surface area contributed by atoms with Crippen LogP contribution in [0.3, 0.4) is 0 Å². The van der Waals surface area contributed by atoms with E-state index in [4.69, 9.17) is 21.1 Å². The van der Waals surface area contributed by atoms with Gasteiger partial charge in [-0.25, -0.2) is 14.4 Å². The SMILES string of the molecule is CCC(C(=O)Nc1ccc(C(=O)O[C@H]2CCN(C(=O)O)[C@@H]2C(=O)O)cc1)n1cc(OC)c(-c2cc(Cl)ccc2C#N)cc1=O. The summed E-state index contributed by atoms with van der Waals surface area (Å²) < 4.78 is 12.0. The number of carboxylic acid groups (broad SMARTS) is 2. The average molecular weight is 623 g/mol. The molecule has 2 amide bonds. The van der Waals surface area contributed by atoms with Gasteiger partial charge in [0.2, 0.25) is 5.91 Å². The summed E-state index contributed by atoms with van der Waals surface area (Å²) in [5.41, 5.74) is 0.881. The molecular weight excluding hydrogens is 596 g/mol. The van der Waals surface area contributed by atoms with Gasteiger partial charge in [0.05, 0.1) is 30.5 Å². The number of ether oxygens (including phenoxy) is 2. The number of nitriles is 1. The summed E-state index contributed by atoms with van der Waals surface area (Å²) >= 11 is 6.12. The van der Waals surface area contributed by atoms with Crippen LogP contribution in [0, 0.1) is 11.3 Å². The zero-order valence-corrected chi connectivity index (χ0v) is 24.3. The highest BCUT2D eigenvalue weighted by Crippen LogP contribution is 2.33. The van der Waals surface area contributed by atoms with E-state index in [0.29, 0.717) is 26.7 Å². The third-order valence-corrected chi connectivity index (χ3v) is 7.40. The quantitative estimate of drug-likeness (QED) is 0.294. The van der Waals surface area contributed by atoms with Crippen LogP contribution in [0.5, 0.6) is 5.75 Å². The number of carboxylic acids is 1. The first-order valence-corrected chi connectivity index (χ1v) is 13.7. The topological polar surface area (TPSA) is 188 Å². The predicted molar refractivity (Wildman–Crippen MR) is 157 cm³/mol. The number of esters is 1. The highest BCUT2D eigenvalue weighted by Gasteiger charge is 2.44. The van der Waals surface area contributed by atoms with Crippen molar-refractivity contribution in [2.45, 2.75) is 38.0 Å². The fraction of sp³-hybridized carbons (Fsp3) is 0.267. The van der Waals surface area contributed by atoms with Gasteiger partial charge in [-0.15, -0.1) is 0 Å². The molecule has 1 saturated heterocycles. The lowest BCUT2D eigenvalue weighted by atomic mass is 10.00. The van der Waals surface area contributed by atoms with Crippen molar-refractivity contribution in [1.82, 2.24) is 9.47 Å². The number of amides is 2. The van der Waals surface area contributed by atoms with Crippen molar-refractivity contribution < 1.29 is 38.9 Å². The molecule has 0 spiro atoms. The van der Waals surface area contributed by atoms with Crippen molar-refractivity contribution in [3.8, 4) is 22.9 Å². The van der Waals surface area contributed by atoms with Crippen LogP contribution in [0.2, 0.25) is 5.02 Å². The van der Waals surface area contributed by atoms with E-state index in [2.05, 4.69) is 11.4 Å². The molecule has 0 saturated carbocycles. The second kappa shape index (κ2) is 13.3. The number of aromatic nitrogens is 1. The molecule has 4 rings (SSSR count). The summed E-state index contributed by atoms with van der Waals surface area (Å²) in [6, 6.07) is 11.1. The van der Waals surface area contributed by atoms with Crippen molar-refractivity contribution in [3.05, 3.63) is 81.2 Å². The minimum absolute atomic E-state index is 0.0330. The van der Waals surface area contributed by atoms with Crippen molar-refractivity contribution in [2.75, 3.05) is 19.0 Å². The molecule has 1 unspecified atom stereocenters. The molecule has 3 aromatic rings. The van der Waals surface area contributed by atoms with E-state index in [9.17, 15) is 39.4 Å². The lowest BCUT2D eigenvalue weighted by Crippen LogP contribution is -2.45. The number of nitrogens with one attached hydrogen (secondary N) is 1. The summed E-state index contributed by atoms with van der Waals surface area (Å²) in [5.74, 6) is -2.55. The monoisotopic (exact) mass is 622 g/mol. The van der Waals surface area contributed by atoms with Crippen LogP contribution in [0.1, 0.15) is 41.7 Å². The maximum Gasteiger partial charge on any atom is 0.408 e. The van der Waals surface area contributed by atoms with Gasteiger partial charge in [0.25, 0.3) is 5.56 Å². The van der Waals surface area contributed by atoms with E-state index < -0.39 is 47.7 Å². The van der Waals surface area contributed by atoms with Gasteiger partial charge in [-0.1, -0.05) is 18.5 Å². The number of rotatable bonds is 9. The fourth-order valence-electron chi connectivity index (χ4n) is 5.01. The third-order valence-electron chi connectivity index (χ3n) is 7.17. The van der Waals surface area contributed by atoms with Gasteiger partial charge in [0.15, 0.2) is 6.04 Å². The number of halogens is 1. The lowest BCUT2D eigenvalue weighted by molar-refractivity contribution is -0.144. The molecule has 1 aliphatic rings. The molecule has 0 radical (unpaired) electrons. The molecule has 44 heavy (non-hydrogen) atoms. The minimum Gasteiger partial charge on any atom is -0.495 e. The molecule has 2 aromatic carbocycles. The highest BCUT2D eigenvalue weighted by molar-refractivity contribution is 6.31. The zero-order valence-electron chi connectivity index (χ0n) is 23.5. The summed E-state index contributed by atoms with van der Waals surface area (Å²) in [4.78, 5) is 62.7. The molecule has 1 aliphatic heterocycles. The van der Waals surface area contributed by atoms with Crippen molar-refractivity contribution in [2.24, 2.45) is 0 Å². The third kappa shape index (κ3) is 6.50. The second-order valence-corrected chi connectivity index (χ2v) is 10.2. The number of nitrogens with zero attached hydrogens (tertiary/aromatic N) is 3. The summed E-state index contributed by atoms with van der Waals surface area (Å²) in [6.45, 7) is 1.63. The van der Waals surface area contributed by atoms with Crippen LogP contribution in [-0.2, 0) is 14.3 Å². The van der Waals surface area contributed by atoms with Crippen molar-refractivity contribution in [3.63, 3.8) is 0 Å². The summed E-state index contributed by atoms with van der Waals surface area (Å²) in [6.07, 6.45) is -0.921. The van der Waals surface area contributed by atoms with Gasteiger partial charge in [-0.2, -0.15) is 5.26 Å². The first-order valence-electron chi connectivity index (χ1n) is 13.3. The Labute approximate surface area is 255 Å². The van der Waals surface area contributed by atoms with E-state index in [1.807, 2.05) is 0 Å². The molecule has 1 fully saturated rings. The molecular formula is C30H27ClN4O9. The number of hydrogen-bond acceptors (Lipinski definition) is 8. The lowest BCUT2D eigenvalue weighted by Gasteiger charge is -2.22. The van der Waals surface area contributed by atoms with Gasteiger partial charge >= 0.3 is 18.0 Å². The van der Waals surface area contributed by atoms with Crippen LogP contribution in [0.15, 0.2) is 59.5 Å². The predicted octanol–water partition coefficient (Wildman–Crippen LogP) is 4.00. The number of pyridine rings is 1. The fourth-order valence-corrected chi connectivity index (χ4v) is 5.18. The van der Waals surface area contributed by atoms with Crippen LogP contribution >= 0.6 is 11.6 Å². The van der Waals surface area contributed by atoms with Crippen LogP contribution in [0.4, 0.5) is 10.5 Å². The summed E-state index contributed by atoms with van der Waals surface area (Å²) in [7, 11) is 1.40. The molecule has 14 heteroatoms. The van der Waals surface area contributed by atoms with Gasteiger partial charge in [-0.05, 0) is 48.9 Å². The van der Waals surface area contributed by atoms with Gasteiger partial charge in [0.1, 0.15) is 17.9 Å². The largest absolute Gasteiger partial charge is 0.495 e. The van der Waals surface area contributed by atoms with Crippen LogP contribution < -0.4 is 15.6 Å². The number of carbonyl (C=O) groups is 4. The first kappa shape index (κ1) is 31.6. The first-order chi connectivity index (χ1) is 21.0. The van der Waals surface area contributed by atoms with Crippen molar-refractivity contribution >= 4 is 41.2 Å². The number of methoxy groups -OCH3 is 1. The van der Waals surface area contributed by atoms with E-state index >= 15 is 0 Å². The molecule has 13 nitrogen and oxygen atoms in total. The molecule has 3 atom stereocenters.